The van der Waals surface area contributed by atoms with Gasteiger partial charge < -0.3 is 9.47 Å². The van der Waals surface area contributed by atoms with Crippen LogP contribution in [0.3, 0.4) is 0 Å². The van der Waals surface area contributed by atoms with Gasteiger partial charge in [-0.25, -0.2) is 4.98 Å². The normalized spacial score (nSPS) is 15.1. The predicted octanol–water partition coefficient (Wildman–Crippen LogP) is 4.78. The number of thiazole rings is 1. The van der Waals surface area contributed by atoms with Crippen molar-refractivity contribution < 1.29 is 19.2 Å². The van der Waals surface area contributed by atoms with Crippen LogP contribution in [0.2, 0.25) is 0 Å². The number of aromatic nitrogens is 1. The van der Waals surface area contributed by atoms with Crippen LogP contribution < -0.4 is 14.5 Å². The number of ether oxygens (including phenoxy) is 2. The summed E-state index contributed by atoms with van der Waals surface area (Å²) >= 11 is 2.29. The Bertz CT molecular complexity index is 1400. The number of aryl methyl sites for hydroxylation is 1. The zero-order chi connectivity index (χ0) is 22.9. The number of hydrazone groups is 1. The molecule has 2 aromatic heterocycles. The molecule has 0 N–H and O–H groups in total. The molecule has 0 aliphatic carbocycles. The van der Waals surface area contributed by atoms with Crippen molar-refractivity contribution >= 4 is 55.1 Å². The van der Waals surface area contributed by atoms with Crippen molar-refractivity contribution in [2.24, 2.45) is 5.10 Å². The molecule has 0 bridgehead atoms. The number of anilines is 1. The van der Waals surface area contributed by atoms with E-state index >= 15 is 0 Å². The van der Waals surface area contributed by atoms with E-state index in [1.54, 1.807) is 24.3 Å². The number of rotatable bonds is 5. The molecule has 0 saturated carbocycles. The van der Waals surface area contributed by atoms with Gasteiger partial charge in [0.25, 0.3) is 5.91 Å². The van der Waals surface area contributed by atoms with E-state index in [0.29, 0.717) is 21.5 Å². The summed E-state index contributed by atoms with van der Waals surface area (Å²) in [5.41, 5.74) is 1.82. The maximum absolute atomic E-state index is 13.5. The second-order valence-electron chi connectivity index (χ2n) is 7.16. The lowest BCUT2D eigenvalue weighted by Gasteiger charge is -2.27. The quantitative estimate of drug-likeness (QED) is 0.231. The fraction of sp³-hybridized carbons (Fsp3) is 0.136. The number of carbonyl (C=O) groups excluding carboxylic acids is 1. The van der Waals surface area contributed by atoms with E-state index < -0.39 is 16.9 Å². The van der Waals surface area contributed by atoms with Crippen LogP contribution in [0.1, 0.15) is 10.4 Å². The Labute approximate surface area is 195 Å². The number of nitro groups is 1. The molecular formula is C22H16N4O5S2. The van der Waals surface area contributed by atoms with Crippen LogP contribution in [0, 0.1) is 17.0 Å². The summed E-state index contributed by atoms with van der Waals surface area (Å²) in [5, 5.41) is 16.9. The van der Waals surface area contributed by atoms with Gasteiger partial charge in [0.15, 0.2) is 11.5 Å². The number of amides is 1. The zero-order valence-corrected chi connectivity index (χ0v) is 18.8. The van der Waals surface area contributed by atoms with Gasteiger partial charge in [-0.15, -0.1) is 0 Å². The van der Waals surface area contributed by atoms with Gasteiger partial charge >= 0.3 is 5.00 Å². The van der Waals surface area contributed by atoms with Gasteiger partial charge in [0, 0.05) is 6.07 Å². The smallest absolute Gasteiger partial charge is 0.324 e. The first kappa shape index (κ1) is 21.0. The number of benzene rings is 2. The Morgan fingerprint density at radius 3 is 2.82 bits per heavy atom. The fourth-order valence-electron chi connectivity index (χ4n) is 3.21. The second-order valence-corrected chi connectivity index (χ2v) is 9.26. The summed E-state index contributed by atoms with van der Waals surface area (Å²) in [6.45, 7) is 2.00. The van der Waals surface area contributed by atoms with Crippen LogP contribution in [-0.4, -0.2) is 34.7 Å². The number of thiophene rings is 1. The molecule has 5 rings (SSSR count). The highest BCUT2D eigenvalue weighted by atomic mass is 32.1. The standard InChI is InChI=1S/C22H16N4O5S2/c1-13-6-8-15-19(10-13)33-22(24-15)25(23-11-14-7-9-20(32-14)26(28)29)21(27)18-12-30-16-4-2-3-5-17(16)31-18/h2-11,18H,12H2,1H3/b23-11+. The van der Waals surface area contributed by atoms with Gasteiger partial charge in [0.05, 0.1) is 26.2 Å². The molecule has 9 nitrogen and oxygen atoms in total. The molecule has 33 heavy (non-hydrogen) atoms. The fourth-order valence-corrected chi connectivity index (χ4v) is 4.93. The number of para-hydroxylation sites is 2. The van der Waals surface area contributed by atoms with Crippen molar-refractivity contribution in [2.75, 3.05) is 11.6 Å². The molecule has 1 atom stereocenters. The lowest BCUT2D eigenvalue weighted by molar-refractivity contribution is -0.380. The lowest BCUT2D eigenvalue weighted by Crippen LogP contribution is -2.44. The van der Waals surface area contributed by atoms with E-state index in [9.17, 15) is 14.9 Å². The van der Waals surface area contributed by atoms with Crippen molar-refractivity contribution in [3.05, 3.63) is 75.2 Å². The molecular weight excluding hydrogens is 464 g/mol. The van der Waals surface area contributed by atoms with Crippen molar-refractivity contribution in [3.63, 3.8) is 0 Å². The molecule has 0 radical (unpaired) electrons. The van der Waals surface area contributed by atoms with Gasteiger partial charge in [-0.2, -0.15) is 10.1 Å². The van der Waals surface area contributed by atoms with E-state index in [0.717, 1.165) is 27.1 Å². The first-order valence-electron chi connectivity index (χ1n) is 9.86. The van der Waals surface area contributed by atoms with Gasteiger partial charge in [0.1, 0.15) is 6.61 Å². The van der Waals surface area contributed by atoms with E-state index in [2.05, 4.69) is 10.1 Å². The zero-order valence-electron chi connectivity index (χ0n) is 17.2. The Morgan fingerprint density at radius 1 is 1.21 bits per heavy atom. The summed E-state index contributed by atoms with van der Waals surface area (Å²) in [7, 11) is 0. The van der Waals surface area contributed by atoms with Gasteiger partial charge in [-0.05, 0) is 42.8 Å². The molecule has 4 aromatic rings. The van der Waals surface area contributed by atoms with Crippen LogP contribution >= 0.6 is 22.7 Å². The van der Waals surface area contributed by atoms with Crippen LogP contribution in [0.25, 0.3) is 10.2 Å². The molecule has 11 heteroatoms. The molecule has 1 aliphatic heterocycles. The van der Waals surface area contributed by atoms with Crippen LogP contribution in [-0.2, 0) is 4.79 Å². The number of fused-ring (bicyclic) bond motifs is 2. The highest BCUT2D eigenvalue weighted by molar-refractivity contribution is 7.22. The van der Waals surface area contributed by atoms with Crippen LogP contribution in [0.5, 0.6) is 11.5 Å². The topological polar surface area (TPSA) is 107 Å². The summed E-state index contributed by atoms with van der Waals surface area (Å²) in [5.74, 6) is 0.584. The molecule has 1 unspecified atom stereocenters. The number of hydrogen-bond donors (Lipinski definition) is 0. The van der Waals surface area contributed by atoms with Gasteiger partial charge in [-0.1, -0.05) is 40.9 Å². The molecule has 0 saturated heterocycles. The van der Waals surface area contributed by atoms with Crippen LogP contribution in [0.15, 0.2) is 59.7 Å². The first-order valence-corrected chi connectivity index (χ1v) is 11.5. The Hall–Kier alpha value is -3.83. The number of nitrogens with zero attached hydrogens (tertiary/aromatic N) is 4. The third-order valence-corrected chi connectivity index (χ3v) is 6.76. The Balaban J connectivity index is 1.49. The third-order valence-electron chi connectivity index (χ3n) is 4.80. The molecule has 1 amide bonds. The summed E-state index contributed by atoms with van der Waals surface area (Å²) in [6, 6.07) is 15.9. The summed E-state index contributed by atoms with van der Waals surface area (Å²) in [6.07, 6.45) is 0.480. The van der Waals surface area contributed by atoms with Crippen molar-refractivity contribution in [2.45, 2.75) is 13.0 Å². The molecule has 1 aliphatic rings. The van der Waals surface area contributed by atoms with Crippen molar-refractivity contribution in [3.8, 4) is 11.5 Å². The monoisotopic (exact) mass is 480 g/mol. The maximum atomic E-state index is 13.5. The Kier molecular flexibility index (Phi) is 5.48. The van der Waals surface area contributed by atoms with Gasteiger partial charge in [-0.3, -0.25) is 14.9 Å². The largest absolute Gasteiger partial charge is 0.485 e. The first-order chi connectivity index (χ1) is 16.0. The second kappa shape index (κ2) is 8.60. The molecule has 0 spiro atoms. The molecule has 166 valence electrons. The van der Waals surface area contributed by atoms with Crippen molar-refractivity contribution in [1.82, 2.24) is 4.98 Å². The summed E-state index contributed by atoms with van der Waals surface area (Å²) in [4.78, 5) is 29.1. The third kappa shape index (κ3) is 4.28. The van der Waals surface area contributed by atoms with E-state index in [1.165, 1.54) is 28.6 Å². The maximum Gasteiger partial charge on any atom is 0.324 e. The highest BCUT2D eigenvalue weighted by Crippen LogP contribution is 2.34. The average molecular weight is 481 g/mol. The molecule has 2 aromatic carbocycles. The SMILES string of the molecule is Cc1ccc2nc(N(/N=C/c3ccc([N+](=O)[O-])s3)C(=O)C3COc4ccccc4O3)sc2c1. The van der Waals surface area contributed by atoms with Crippen molar-refractivity contribution in [1.29, 1.82) is 0 Å². The average Bonchev–Trinajstić information content (AvgIpc) is 3.46. The minimum absolute atomic E-state index is 0.00888. The van der Waals surface area contributed by atoms with Crippen LogP contribution in [0.4, 0.5) is 10.1 Å². The van der Waals surface area contributed by atoms with E-state index in [1.807, 2.05) is 31.2 Å². The molecule has 3 heterocycles. The lowest BCUT2D eigenvalue weighted by atomic mass is 10.2. The number of hydrogen-bond acceptors (Lipinski definition) is 9. The minimum Gasteiger partial charge on any atom is -0.485 e. The summed E-state index contributed by atoms with van der Waals surface area (Å²) < 4.78 is 12.5. The molecule has 0 fully saturated rings. The van der Waals surface area contributed by atoms with Gasteiger partial charge in [0.2, 0.25) is 11.2 Å². The Morgan fingerprint density at radius 2 is 2.03 bits per heavy atom. The minimum atomic E-state index is -0.927. The van der Waals surface area contributed by atoms with E-state index in [4.69, 9.17) is 9.47 Å². The number of carbonyl (C=O) groups is 1. The van der Waals surface area contributed by atoms with E-state index in [-0.39, 0.29) is 11.6 Å². The highest BCUT2D eigenvalue weighted by Gasteiger charge is 2.33. The predicted molar refractivity (Wildman–Crippen MR) is 127 cm³/mol.